The molecule has 0 aromatic heterocycles. The first-order chi connectivity index (χ1) is 53.0. The molecule has 0 atom stereocenters. The molecule has 0 amide bonds. The molecule has 4 N–H and O–H groups in total. The molecular weight excluding hydrogens is 1720 g/mol. The molecule has 0 heterocycles. The third-order valence-corrected chi connectivity index (χ3v) is 29.6. The van der Waals surface area contributed by atoms with E-state index in [0.29, 0.717) is 22.6 Å². The Hall–Kier alpha value is -7.63. The van der Waals surface area contributed by atoms with Crippen LogP contribution in [0.2, 0.25) is 0 Å². The van der Waals surface area contributed by atoms with Gasteiger partial charge in [-0.1, -0.05) is 266 Å². The maximum absolute atomic E-state index is 5.19. The van der Waals surface area contributed by atoms with E-state index in [4.69, 9.17) is 20.0 Å². The number of para-hydroxylation sites is 2. The predicted octanol–water partition coefficient (Wildman–Crippen LogP) is 27.5. The van der Waals surface area contributed by atoms with Crippen LogP contribution in [0.1, 0.15) is 133 Å². The number of nitrogens with zero attached hydrogens (tertiary/aromatic N) is 4. The largest absolute Gasteiger partial charge is 2.00 e. The van der Waals surface area contributed by atoms with Crippen molar-refractivity contribution < 1.29 is 69.4 Å². The van der Waals surface area contributed by atoms with Crippen LogP contribution in [0.25, 0.3) is 0 Å². The summed E-state index contributed by atoms with van der Waals surface area (Å²) in [4.78, 5) is 20.5. The summed E-state index contributed by atoms with van der Waals surface area (Å²) >= 11 is 0. The van der Waals surface area contributed by atoms with E-state index in [1.807, 2.05) is 12.1 Å². The standard InChI is InChI=1S/C28H27N2P.C27H25N2P.C22H31N2P.C21H29N2P.8CH3.4Cr/c1-21-19-22(2)27(23(3)20-21)29-28(24-13-7-4-8-14-24)30-31(25-15-9-5-10-16-25)26-17-11-6-12-18-26;1-21-13-12-14-22(2)26(21)28-27(23-15-6-3-7-16-23)29-30(24-17-8-4-9-18-24)25-19-10-5-11-20-25;1-15(2)25(16(3)4)24-22(20-11-9-8-10-12-20)23-21-18(6)13-17(5)14-19(21)7;1-15(2)24(16(3)4)23-21(19-13-8-7-9-14-19)22-20-17(5)11-10-12-18(20)6;;;;;;;;;;;;/h4-20H,1-3H3,(H,29,30);3-20H,1-2H3,(H,28,29);8-16H,1-7H3,(H,23,24);7-16H,1-6H3,(H,22,23);8*1H3;;;;/q;;;;8*-1;4*+2/p+4. The fourth-order valence-corrected chi connectivity index (χ4v) is 22.6. The Morgan fingerprint density at radius 1 is 0.213 bits per heavy atom. The first-order valence-corrected chi connectivity index (χ1v) is 45.0. The second-order valence-corrected chi connectivity index (χ2v) is 40.8. The van der Waals surface area contributed by atoms with Crippen molar-refractivity contribution in [2.24, 2.45) is 20.0 Å². The van der Waals surface area contributed by atoms with Crippen molar-refractivity contribution in [1.29, 1.82) is 0 Å². The number of benzene rings is 12. The zero-order valence-electron chi connectivity index (χ0n) is 77.6. The van der Waals surface area contributed by atoms with Crippen LogP contribution in [0.4, 0.5) is 22.7 Å². The van der Waals surface area contributed by atoms with E-state index in [1.54, 1.807) is 0 Å². The van der Waals surface area contributed by atoms with Gasteiger partial charge in [-0.3, -0.25) is 0 Å². The van der Waals surface area contributed by atoms with Crippen molar-refractivity contribution in [2.45, 2.75) is 147 Å². The minimum absolute atomic E-state index is 0. The number of amidine groups is 4. The Balaban J connectivity index is -0.000000741. The van der Waals surface area contributed by atoms with Crippen LogP contribution in [-0.4, -0.2) is 46.0 Å². The predicted molar refractivity (Wildman–Crippen MR) is 546 cm³/mol. The number of hydrogen-bond donors (Lipinski definition) is 4. The van der Waals surface area contributed by atoms with Gasteiger partial charge in [-0.15, -0.1) is 0 Å². The van der Waals surface area contributed by atoms with Gasteiger partial charge in [-0.25, -0.2) is 40.3 Å². The maximum Gasteiger partial charge on any atom is 2.00 e. The van der Waals surface area contributed by atoms with Crippen LogP contribution < -0.4 is 41.6 Å². The van der Waals surface area contributed by atoms with Crippen molar-refractivity contribution >= 4 is 99.6 Å². The molecule has 16 heteroatoms. The molecule has 0 aliphatic rings. The summed E-state index contributed by atoms with van der Waals surface area (Å²) in [6, 6.07) is 106. The summed E-state index contributed by atoms with van der Waals surface area (Å²) in [7, 11) is -4.06. The van der Waals surface area contributed by atoms with E-state index in [-0.39, 0.29) is 129 Å². The van der Waals surface area contributed by atoms with Crippen LogP contribution in [0.15, 0.2) is 323 Å². The number of aliphatic imine (C=N–C) groups is 4. The Morgan fingerprint density at radius 2 is 0.377 bits per heavy atom. The molecule has 0 unspecified atom stereocenters. The first kappa shape index (κ1) is 121. The molecule has 0 aliphatic heterocycles. The normalized spacial score (nSPS) is 10.7. The maximum atomic E-state index is 5.19. The van der Waals surface area contributed by atoms with Crippen molar-refractivity contribution in [1.82, 2.24) is 20.3 Å². The minimum atomic E-state index is -1.28. The zero-order chi connectivity index (χ0) is 78.6. The number of nitrogens with one attached hydrogen (secondary N) is 4. The fourth-order valence-electron chi connectivity index (χ4n) is 13.6. The monoisotopic (exact) mass is 1860 g/mol. The number of rotatable bonds is 20. The Kier molecular flexibility index (Phi) is 61.0. The molecule has 0 saturated heterocycles. The Bertz CT molecular complexity index is 4800. The van der Waals surface area contributed by atoms with Crippen LogP contribution in [-0.2, 0) is 69.4 Å². The van der Waals surface area contributed by atoms with E-state index in [2.05, 4.69) is 436 Å². The quantitative estimate of drug-likeness (QED) is 0.0264. The van der Waals surface area contributed by atoms with Crippen LogP contribution in [0.3, 0.4) is 0 Å². The molecular formula is C106H140Cr4N8P4+4. The van der Waals surface area contributed by atoms with Gasteiger partial charge in [0.2, 0.25) is 0 Å². The van der Waals surface area contributed by atoms with Gasteiger partial charge in [0.25, 0.3) is 0 Å². The van der Waals surface area contributed by atoms with Gasteiger partial charge >= 0.3 is 69.4 Å². The minimum Gasteiger partial charge on any atom is -0.358 e. The summed E-state index contributed by atoms with van der Waals surface area (Å²) in [5, 5.41) is 20.6. The molecule has 0 aliphatic carbocycles. The van der Waals surface area contributed by atoms with Gasteiger partial charge in [-0.05, 0) is 218 Å². The zero-order valence-corrected chi connectivity index (χ0v) is 86.7. The van der Waals surface area contributed by atoms with Crippen molar-refractivity contribution in [3.8, 4) is 0 Å². The molecule has 12 aromatic rings. The third-order valence-electron chi connectivity index (χ3n) is 19.0. The topological polar surface area (TPSA) is 97.6 Å². The summed E-state index contributed by atoms with van der Waals surface area (Å²) in [5.41, 5.74) is 23.5. The SMILES string of the molecule is Cc1cc(C)c(N=C(N[PH+](C(C)C)C(C)C)c2ccccc2)c(C)c1.Cc1cc(C)c(N=C(N[PH+](c2ccccc2)c2ccccc2)c2ccccc2)c(C)c1.Cc1cccc(C)c1N=C(N[PH+](C(C)C)C(C)C)c1ccccc1.Cc1cccc(C)c1N=C(N[PH+](c1ccccc1)c1ccccc1)c1ccccc1.[CH3-].[CH3-].[CH3-].[CH3-].[CH3-].[CH3-].[CH3-].[CH3-].[Cr+2].[Cr+2].[Cr+2].[Cr+2]. The third kappa shape index (κ3) is 36.1. The second-order valence-electron chi connectivity index (χ2n) is 29.5. The summed E-state index contributed by atoms with van der Waals surface area (Å²) in [6.07, 6.45) is 0. The first-order valence-electron chi connectivity index (χ1n) is 38.6. The molecule has 8 nitrogen and oxygen atoms in total. The van der Waals surface area contributed by atoms with Crippen molar-refractivity contribution in [3.63, 3.8) is 0 Å². The molecule has 0 radical (unpaired) electrons. The average Bonchev–Trinajstić information content (AvgIpc) is 0.804. The van der Waals surface area contributed by atoms with Crippen LogP contribution in [0.5, 0.6) is 0 Å². The van der Waals surface area contributed by atoms with Gasteiger partial charge in [0.05, 0.1) is 61.5 Å². The molecule has 0 bridgehead atoms. The van der Waals surface area contributed by atoms with Gasteiger partial charge in [-0.2, -0.15) is 0 Å². The summed E-state index contributed by atoms with van der Waals surface area (Å²) < 4.78 is 0. The van der Waals surface area contributed by atoms with Gasteiger partial charge in [0.1, 0.15) is 21.2 Å². The Labute approximate surface area is 790 Å². The number of aryl methyl sites for hydroxylation is 10. The number of hydrogen-bond acceptors (Lipinski definition) is 4. The van der Waals surface area contributed by atoms with Gasteiger partial charge < -0.3 is 59.4 Å². The van der Waals surface area contributed by atoms with E-state index in [9.17, 15) is 0 Å². The molecule has 0 saturated carbocycles. The molecule has 12 aromatic carbocycles. The van der Waals surface area contributed by atoms with Gasteiger partial charge in [0.15, 0.2) is 39.5 Å². The van der Waals surface area contributed by atoms with Crippen LogP contribution in [0, 0.1) is 129 Å². The van der Waals surface area contributed by atoms with Crippen molar-refractivity contribution in [2.75, 3.05) is 0 Å². The summed E-state index contributed by atoms with van der Waals surface area (Å²) in [5.74, 6) is 3.84. The van der Waals surface area contributed by atoms with Gasteiger partial charge in [0, 0.05) is 22.3 Å². The molecule has 0 fully saturated rings. The molecule has 0 spiro atoms. The fraction of sp³-hybridized carbons (Fsp3) is 0.208. The van der Waals surface area contributed by atoms with E-state index in [0.717, 1.165) is 68.3 Å². The average molecular weight is 1860 g/mol. The Morgan fingerprint density at radius 3 is 0.557 bits per heavy atom. The second kappa shape index (κ2) is 61.7. The molecule has 644 valence electrons. The smallest absolute Gasteiger partial charge is 0.358 e. The molecule has 12 rings (SSSR count). The van der Waals surface area contributed by atoms with E-state index in [1.165, 1.54) is 76.9 Å². The molecule has 122 heavy (non-hydrogen) atoms. The van der Waals surface area contributed by atoms with E-state index >= 15 is 0 Å². The summed E-state index contributed by atoms with van der Waals surface area (Å²) in [6.45, 7) is 39.8. The van der Waals surface area contributed by atoms with Crippen molar-refractivity contribution in [3.05, 3.63) is 441 Å². The van der Waals surface area contributed by atoms with Crippen LogP contribution >= 0.6 is 32.3 Å². The van der Waals surface area contributed by atoms with E-state index < -0.39 is 32.3 Å².